The fourth-order valence-corrected chi connectivity index (χ4v) is 2.39. The maximum absolute atomic E-state index is 12.3. The SMILES string of the molecule is CCOc1ccccc1NC(=O)[C@@H](C)OC(=O)COc1cccc(C)c1C. The average molecular weight is 371 g/mol. The first-order valence-electron chi connectivity index (χ1n) is 8.83. The third kappa shape index (κ3) is 5.74. The van der Waals surface area contributed by atoms with Gasteiger partial charge >= 0.3 is 5.97 Å². The summed E-state index contributed by atoms with van der Waals surface area (Å²) < 4.78 is 16.1. The van der Waals surface area contributed by atoms with Crippen LogP contribution in [0, 0.1) is 13.8 Å². The van der Waals surface area contributed by atoms with Crippen LogP contribution in [0.5, 0.6) is 11.5 Å². The topological polar surface area (TPSA) is 73.9 Å². The predicted octanol–water partition coefficient (Wildman–Crippen LogP) is 3.65. The van der Waals surface area contributed by atoms with Crippen molar-refractivity contribution in [3.8, 4) is 11.5 Å². The van der Waals surface area contributed by atoms with Gasteiger partial charge in [-0.05, 0) is 57.0 Å². The van der Waals surface area contributed by atoms with Crippen LogP contribution < -0.4 is 14.8 Å². The molecule has 1 amide bonds. The van der Waals surface area contributed by atoms with Crippen molar-refractivity contribution >= 4 is 17.6 Å². The van der Waals surface area contributed by atoms with E-state index in [1.54, 1.807) is 24.3 Å². The van der Waals surface area contributed by atoms with E-state index in [0.29, 0.717) is 23.8 Å². The van der Waals surface area contributed by atoms with Gasteiger partial charge in [-0.1, -0.05) is 24.3 Å². The van der Waals surface area contributed by atoms with Crippen LogP contribution in [0.3, 0.4) is 0 Å². The molecular weight excluding hydrogens is 346 g/mol. The van der Waals surface area contributed by atoms with E-state index in [1.165, 1.54) is 6.92 Å². The van der Waals surface area contributed by atoms with Crippen molar-refractivity contribution in [1.29, 1.82) is 0 Å². The van der Waals surface area contributed by atoms with E-state index in [9.17, 15) is 9.59 Å². The number of rotatable bonds is 8. The summed E-state index contributed by atoms with van der Waals surface area (Å²) in [6, 6.07) is 12.7. The van der Waals surface area contributed by atoms with Crippen molar-refractivity contribution < 1.29 is 23.8 Å². The van der Waals surface area contributed by atoms with Gasteiger partial charge in [0, 0.05) is 0 Å². The summed E-state index contributed by atoms with van der Waals surface area (Å²) >= 11 is 0. The van der Waals surface area contributed by atoms with Crippen molar-refractivity contribution in [2.45, 2.75) is 33.8 Å². The van der Waals surface area contributed by atoms with Crippen molar-refractivity contribution in [3.63, 3.8) is 0 Å². The van der Waals surface area contributed by atoms with Crippen LogP contribution in [0.1, 0.15) is 25.0 Å². The quantitative estimate of drug-likeness (QED) is 0.717. The Kier molecular flexibility index (Phi) is 7.23. The molecular formula is C21H25NO5. The van der Waals surface area contributed by atoms with E-state index >= 15 is 0 Å². The van der Waals surface area contributed by atoms with E-state index in [1.807, 2.05) is 39.0 Å². The van der Waals surface area contributed by atoms with E-state index in [0.717, 1.165) is 11.1 Å². The van der Waals surface area contributed by atoms with Crippen molar-refractivity contribution in [2.24, 2.45) is 0 Å². The Balaban J connectivity index is 1.88. The standard InChI is InChI=1S/C21H25NO5/c1-5-25-19-11-7-6-10-17(19)22-21(24)16(4)27-20(23)13-26-18-12-8-9-14(2)15(18)3/h6-12,16H,5,13H2,1-4H3,(H,22,24)/t16-/m1/s1. The highest BCUT2D eigenvalue weighted by atomic mass is 16.6. The largest absolute Gasteiger partial charge is 0.492 e. The van der Waals surface area contributed by atoms with E-state index in [2.05, 4.69) is 5.32 Å². The molecule has 2 rings (SSSR count). The fraction of sp³-hybridized carbons (Fsp3) is 0.333. The fourth-order valence-electron chi connectivity index (χ4n) is 2.39. The molecule has 0 heterocycles. The van der Waals surface area contributed by atoms with Gasteiger partial charge in [0.2, 0.25) is 0 Å². The van der Waals surface area contributed by atoms with Crippen molar-refractivity contribution in [2.75, 3.05) is 18.5 Å². The van der Waals surface area contributed by atoms with Gasteiger partial charge in [-0.25, -0.2) is 4.79 Å². The molecule has 27 heavy (non-hydrogen) atoms. The lowest BCUT2D eigenvalue weighted by atomic mass is 10.1. The molecule has 6 nitrogen and oxygen atoms in total. The Morgan fingerprint density at radius 1 is 1.00 bits per heavy atom. The second-order valence-corrected chi connectivity index (χ2v) is 6.04. The van der Waals surface area contributed by atoms with E-state index in [-0.39, 0.29) is 6.61 Å². The first kappa shape index (κ1) is 20.3. The highest BCUT2D eigenvalue weighted by molar-refractivity contribution is 5.96. The van der Waals surface area contributed by atoms with Gasteiger partial charge < -0.3 is 19.5 Å². The number of benzene rings is 2. The molecule has 0 fully saturated rings. The second-order valence-electron chi connectivity index (χ2n) is 6.04. The van der Waals surface area contributed by atoms with Crippen LogP contribution in [-0.2, 0) is 14.3 Å². The van der Waals surface area contributed by atoms with Crippen LogP contribution in [-0.4, -0.2) is 31.2 Å². The molecule has 2 aromatic rings. The maximum atomic E-state index is 12.3. The number of hydrogen-bond donors (Lipinski definition) is 1. The second kappa shape index (κ2) is 9.62. The zero-order chi connectivity index (χ0) is 19.8. The Morgan fingerprint density at radius 2 is 1.70 bits per heavy atom. The minimum absolute atomic E-state index is 0.266. The van der Waals surface area contributed by atoms with Gasteiger partial charge in [0.05, 0.1) is 12.3 Å². The lowest BCUT2D eigenvalue weighted by Crippen LogP contribution is -2.31. The third-order valence-corrected chi connectivity index (χ3v) is 4.02. The monoisotopic (exact) mass is 371 g/mol. The molecule has 0 bridgehead atoms. The summed E-state index contributed by atoms with van der Waals surface area (Å²) in [5.41, 5.74) is 2.56. The van der Waals surface area contributed by atoms with Gasteiger partial charge in [0.15, 0.2) is 12.7 Å². The highest BCUT2D eigenvalue weighted by Gasteiger charge is 2.19. The first-order chi connectivity index (χ1) is 12.9. The molecule has 0 unspecified atom stereocenters. The lowest BCUT2D eigenvalue weighted by Gasteiger charge is -2.16. The Bertz CT molecular complexity index is 803. The van der Waals surface area contributed by atoms with Crippen LogP contribution in [0.25, 0.3) is 0 Å². The number of anilines is 1. The van der Waals surface area contributed by atoms with E-state index < -0.39 is 18.0 Å². The summed E-state index contributed by atoms with van der Waals surface area (Å²) in [7, 11) is 0. The average Bonchev–Trinajstić information content (AvgIpc) is 2.64. The first-order valence-corrected chi connectivity index (χ1v) is 8.83. The number of esters is 1. The number of nitrogens with one attached hydrogen (secondary N) is 1. The number of hydrogen-bond acceptors (Lipinski definition) is 5. The molecule has 6 heteroatoms. The Morgan fingerprint density at radius 3 is 2.44 bits per heavy atom. The third-order valence-electron chi connectivity index (χ3n) is 4.02. The molecule has 0 aliphatic carbocycles. The zero-order valence-corrected chi connectivity index (χ0v) is 16.1. The van der Waals surface area contributed by atoms with Gasteiger partial charge in [-0.15, -0.1) is 0 Å². The molecule has 0 saturated carbocycles. The molecule has 0 saturated heterocycles. The summed E-state index contributed by atoms with van der Waals surface area (Å²) in [6.45, 7) is 7.47. The van der Waals surface area contributed by atoms with Crippen molar-refractivity contribution in [3.05, 3.63) is 53.6 Å². The molecule has 0 radical (unpaired) electrons. The van der Waals surface area contributed by atoms with Crippen LogP contribution >= 0.6 is 0 Å². The summed E-state index contributed by atoms with van der Waals surface area (Å²) in [6.07, 6.45) is -0.964. The molecule has 0 aliphatic heterocycles. The van der Waals surface area contributed by atoms with Gasteiger partial charge in [0.25, 0.3) is 5.91 Å². The van der Waals surface area contributed by atoms with Crippen LogP contribution in [0.4, 0.5) is 5.69 Å². The molecule has 1 atom stereocenters. The van der Waals surface area contributed by atoms with Gasteiger partial charge in [-0.2, -0.15) is 0 Å². The van der Waals surface area contributed by atoms with E-state index in [4.69, 9.17) is 14.2 Å². The number of carbonyl (C=O) groups is 2. The number of carbonyl (C=O) groups excluding carboxylic acids is 2. The molecule has 144 valence electrons. The van der Waals surface area contributed by atoms with Crippen LogP contribution in [0.2, 0.25) is 0 Å². The van der Waals surface area contributed by atoms with Gasteiger partial charge in [0.1, 0.15) is 11.5 Å². The number of para-hydroxylation sites is 2. The normalized spacial score (nSPS) is 11.4. The number of aryl methyl sites for hydroxylation is 1. The smallest absolute Gasteiger partial charge is 0.344 e. The molecule has 0 aromatic heterocycles. The summed E-state index contributed by atoms with van der Waals surface area (Å²) in [4.78, 5) is 24.3. The Hall–Kier alpha value is -3.02. The number of ether oxygens (including phenoxy) is 3. The molecule has 0 aliphatic rings. The molecule has 0 spiro atoms. The number of amides is 1. The predicted molar refractivity (Wildman–Crippen MR) is 103 cm³/mol. The van der Waals surface area contributed by atoms with Crippen LogP contribution in [0.15, 0.2) is 42.5 Å². The molecule has 2 aromatic carbocycles. The molecule has 1 N–H and O–H groups in total. The Labute approximate surface area is 159 Å². The minimum Gasteiger partial charge on any atom is -0.492 e. The maximum Gasteiger partial charge on any atom is 0.344 e. The highest BCUT2D eigenvalue weighted by Crippen LogP contribution is 2.24. The minimum atomic E-state index is -0.964. The summed E-state index contributed by atoms with van der Waals surface area (Å²) in [5.74, 6) is 0.124. The lowest BCUT2D eigenvalue weighted by molar-refractivity contribution is -0.155. The van der Waals surface area contributed by atoms with Crippen molar-refractivity contribution in [1.82, 2.24) is 0 Å². The zero-order valence-electron chi connectivity index (χ0n) is 16.1. The summed E-state index contributed by atoms with van der Waals surface area (Å²) in [5, 5.41) is 2.71. The van der Waals surface area contributed by atoms with Gasteiger partial charge in [-0.3, -0.25) is 4.79 Å².